The van der Waals surface area contributed by atoms with Gasteiger partial charge < -0.3 is 25.0 Å². The first-order chi connectivity index (χ1) is 9.85. The van der Waals surface area contributed by atoms with Gasteiger partial charge in [-0.05, 0) is 12.5 Å². The van der Waals surface area contributed by atoms with E-state index in [1.807, 2.05) is 0 Å². The predicted molar refractivity (Wildman–Crippen MR) is 89.0 cm³/mol. The molecular weight excluding hydrogens is 268 g/mol. The molecule has 0 aromatic heterocycles. The van der Waals surface area contributed by atoms with Gasteiger partial charge in [-0.1, -0.05) is 20.8 Å². The molecule has 21 heavy (non-hydrogen) atoms. The molecule has 0 rings (SSSR count). The van der Waals surface area contributed by atoms with Crippen LogP contribution in [0, 0.1) is 5.41 Å². The number of guanidine groups is 1. The third-order valence-electron chi connectivity index (χ3n) is 3.39. The van der Waals surface area contributed by atoms with E-state index in [0.717, 1.165) is 38.7 Å². The van der Waals surface area contributed by atoms with Crippen LogP contribution in [0.3, 0.4) is 0 Å². The first kappa shape index (κ1) is 20.1. The maximum absolute atomic E-state index is 5.53. The lowest BCUT2D eigenvalue weighted by Crippen LogP contribution is -2.46. The average Bonchev–Trinajstić information content (AvgIpc) is 2.42. The Bertz CT molecular complexity index is 290. The minimum atomic E-state index is 0.0982. The summed E-state index contributed by atoms with van der Waals surface area (Å²) in [6.07, 6.45) is 0.139. The molecule has 0 aliphatic carbocycles. The lowest BCUT2D eigenvalue weighted by Gasteiger charge is -2.30. The Hall–Kier alpha value is -0.850. The molecule has 0 radical (unpaired) electrons. The Morgan fingerprint density at radius 3 is 2.33 bits per heavy atom. The van der Waals surface area contributed by atoms with Crippen molar-refractivity contribution < 1.29 is 9.47 Å². The number of nitrogens with one attached hydrogen (secondary N) is 2. The standard InChI is InChI=1S/C15H34N4O2/c1-15(2,3)13(21-7)12-18-14(16-4)17-8-9-19(5)10-11-20-6/h13H,8-12H2,1-7H3,(H2,16,17,18). The summed E-state index contributed by atoms with van der Waals surface area (Å²) in [5, 5.41) is 6.62. The Morgan fingerprint density at radius 2 is 1.86 bits per heavy atom. The fraction of sp³-hybridized carbons (Fsp3) is 0.933. The molecule has 0 aromatic carbocycles. The first-order valence-electron chi connectivity index (χ1n) is 7.50. The number of hydrogen-bond acceptors (Lipinski definition) is 4. The number of methoxy groups -OCH3 is 2. The monoisotopic (exact) mass is 302 g/mol. The van der Waals surface area contributed by atoms with Gasteiger partial charge in [0.2, 0.25) is 0 Å². The normalized spacial score (nSPS) is 14.4. The second-order valence-electron chi connectivity index (χ2n) is 6.27. The van der Waals surface area contributed by atoms with Crippen LogP contribution in [0.2, 0.25) is 0 Å². The van der Waals surface area contributed by atoms with Gasteiger partial charge in [-0.3, -0.25) is 4.99 Å². The summed E-state index contributed by atoms with van der Waals surface area (Å²) >= 11 is 0. The molecule has 0 heterocycles. The Labute approximate surface area is 130 Å². The zero-order chi connectivity index (χ0) is 16.3. The molecule has 0 spiro atoms. The SMILES string of the molecule is CN=C(NCCN(C)CCOC)NCC(OC)C(C)(C)C. The second kappa shape index (κ2) is 10.8. The summed E-state index contributed by atoms with van der Waals surface area (Å²) in [4.78, 5) is 6.45. The maximum atomic E-state index is 5.53. The van der Waals surface area contributed by atoms with Crippen molar-refractivity contribution in [3.8, 4) is 0 Å². The molecule has 0 aromatic rings. The molecule has 1 atom stereocenters. The van der Waals surface area contributed by atoms with Gasteiger partial charge in [0.05, 0.1) is 12.7 Å². The van der Waals surface area contributed by atoms with E-state index in [9.17, 15) is 0 Å². The van der Waals surface area contributed by atoms with Crippen molar-refractivity contribution in [2.45, 2.75) is 26.9 Å². The summed E-state index contributed by atoms with van der Waals surface area (Å²) in [6.45, 7) is 10.7. The van der Waals surface area contributed by atoms with Gasteiger partial charge in [0.1, 0.15) is 0 Å². The zero-order valence-corrected chi connectivity index (χ0v) is 14.8. The van der Waals surface area contributed by atoms with E-state index in [-0.39, 0.29) is 11.5 Å². The van der Waals surface area contributed by atoms with Crippen LogP contribution in [0.5, 0.6) is 0 Å². The Kier molecular flexibility index (Phi) is 10.4. The highest BCUT2D eigenvalue weighted by molar-refractivity contribution is 5.79. The van der Waals surface area contributed by atoms with Gasteiger partial charge in [0.25, 0.3) is 0 Å². The highest BCUT2D eigenvalue weighted by Crippen LogP contribution is 2.20. The van der Waals surface area contributed by atoms with Crippen molar-refractivity contribution in [2.75, 3.05) is 61.1 Å². The van der Waals surface area contributed by atoms with Crippen LogP contribution < -0.4 is 10.6 Å². The van der Waals surface area contributed by atoms with E-state index in [1.165, 1.54) is 0 Å². The quantitative estimate of drug-likeness (QED) is 0.487. The molecule has 0 aliphatic rings. The Morgan fingerprint density at radius 1 is 1.19 bits per heavy atom. The van der Waals surface area contributed by atoms with Crippen molar-refractivity contribution in [3.05, 3.63) is 0 Å². The Balaban J connectivity index is 4.02. The van der Waals surface area contributed by atoms with E-state index in [0.29, 0.717) is 0 Å². The number of likely N-dealkylation sites (N-methyl/N-ethyl adjacent to an activating group) is 1. The number of nitrogens with zero attached hydrogens (tertiary/aromatic N) is 2. The summed E-state index contributed by atoms with van der Waals surface area (Å²) in [6, 6.07) is 0. The molecule has 6 nitrogen and oxygen atoms in total. The van der Waals surface area contributed by atoms with E-state index in [4.69, 9.17) is 9.47 Å². The molecule has 0 saturated heterocycles. The third-order valence-corrected chi connectivity index (χ3v) is 3.39. The van der Waals surface area contributed by atoms with Crippen LogP contribution in [-0.4, -0.2) is 78.1 Å². The first-order valence-corrected chi connectivity index (χ1v) is 7.50. The molecule has 0 saturated carbocycles. The number of ether oxygens (including phenoxy) is 2. The summed E-state index contributed by atoms with van der Waals surface area (Å²) in [7, 11) is 7.33. The van der Waals surface area contributed by atoms with Gasteiger partial charge in [-0.15, -0.1) is 0 Å². The average molecular weight is 302 g/mol. The smallest absolute Gasteiger partial charge is 0.191 e. The highest BCUT2D eigenvalue weighted by atomic mass is 16.5. The lowest BCUT2D eigenvalue weighted by atomic mass is 9.89. The van der Waals surface area contributed by atoms with Crippen molar-refractivity contribution in [2.24, 2.45) is 10.4 Å². The molecule has 0 amide bonds. The topological polar surface area (TPSA) is 58.1 Å². The van der Waals surface area contributed by atoms with Crippen LogP contribution in [0.25, 0.3) is 0 Å². The molecule has 6 heteroatoms. The largest absolute Gasteiger partial charge is 0.383 e. The van der Waals surface area contributed by atoms with Crippen LogP contribution >= 0.6 is 0 Å². The van der Waals surface area contributed by atoms with Gasteiger partial charge in [0.15, 0.2) is 5.96 Å². The lowest BCUT2D eigenvalue weighted by molar-refractivity contribution is 0.0205. The van der Waals surface area contributed by atoms with Crippen molar-refractivity contribution in [3.63, 3.8) is 0 Å². The van der Waals surface area contributed by atoms with Gasteiger partial charge in [-0.2, -0.15) is 0 Å². The van der Waals surface area contributed by atoms with E-state index in [2.05, 4.69) is 48.3 Å². The molecule has 1 unspecified atom stereocenters. The highest BCUT2D eigenvalue weighted by Gasteiger charge is 2.24. The second-order valence-corrected chi connectivity index (χ2v) is 6.27. The van der Waals surface area contributed by atoms with E-state index < -0.39 is 0 Å². The maximum Gasteiger partial charge on any atom is 0.191 e. The minimum Gasteiger partial charge on any atom is -0.383 e. The molecule has 126 valence electrons. The van der Waals surface area contributed by atoms with Crippen LogP contribution in [-0.2, 0) is 9.47 Å². The van der Waals surface area contributed by atoms with E-state index in [1.54, 1.807) is 21.3 Å². The fourth-order valence-electron chi connectivity index (χ4n) is 1.88. The minimum absolute atomic E-state index is 0.0982. The summed E-state index contributed by atoms with van der Waals surface area (Å²) in [5.41, 5.74) is 0.0982. The number of rotatable bonds is 9. The molecule has 0 fully saturated rings. The van der Waals surface area contributed by atoms with Gasteiger partial charge >= 0.3 is 0 Å². The summed E-state index contributed by atoms with van der Waals surface area (Å²) < 4.78 is 10.6. The van der Waals surface area contributed by atoms with Crippen molar-refractivity contribution >= 4 is 5.96 Å². The molecule has 0 bridgehead atoms. The van der Waals surface area contributed by atoms with E-state index >= 15 is 0 Å². The molecular formula is C15H34N4O2. The number of hydrogen-bond donors (Lipinski definition) is 2. The third kappa shape index (κ3) is 9.66. The molecule has 2 N–H and O–H groups in total. The van der Waals surface area contributed by atoms with Gasteiger partial charge in [0, 0.05) is 47.4 Å². The van der Waals surface area contributed by atoms with Gasteiger partial charge in [-0.25, -0.2) is 0 Å². The fourth-order valence-corrected chi connectivity index (χ4v) is 1.88. The van der Waals surface area contributed by atoms with Crippen molar-refractivity contribution in [1.29, 1.82) is 0 Å². The van der Waals surface area contributed by atoms with Crippen molar-refractivity contribution in [1.82, 2.24) is 15.5 Å². The summed E-state index contributed by atoms with van der Waals surface area (Å²) in [5.74, 6) is 0.807. The zero-order valence-electron chi connectivity index (χ0n) is 14.8. The van der Waals surface area contributed by atoms with Crippen LogP contribution in [0.4, 0.5) is 0 Å². The molecule has 0 aliphatic heterocycles. The van der Waals surface area contributed by atoms with Crippen LogP contribution in [0.1, 0.15) is 20.8 Å². The predicted octanol–water partition coefficient (Wildman–Crippen LogP) is 0.791. The van der Waals surface area contributed by atoms with Crippen LogP contribution in [0.15, 0.2) is 4.99 Å². The number of aliphatic imine (C=N–C) groups is 1.